The number of aryl methyl sites for hydroxylation is 1. The summed E-state index contributed by atoms with van der Waals surface area (Å²) in [5.41, 5.74) is -0.157. The Morgan fingerprint density at radius 3 is 2.52 bits per heavy atom. The van der Waals surface area contributed by atoms with Crippen LogP contribution in [0.2, 0.25) is 0 Å². The van der Waals surface area contributed by atoms with Gasteiger partial charge in [-0.2, -0.15) is 5.10 Å². The lowest BCUT2D eigenvalue weighted by molar-refractivity contribution is 0.0725. The molecule has 1 aromatic carbocycles. The van der Waals surface area contributed by atoms with Crippen LogP contribution < -0.4 is 15.0 Å². The highest BCUT2D eigenvalue weighted by Gasteiger charge is 2.12. The molecule has 0 bridgehead atoms. The third-order valence-corrected chi connectivity index (χ3v) is 3.69. The normalized spacial score (nSPS) is 10.4. The van der Waals surface area contributed by atoms with Crippen LogP contribution >= 0.6 is 0 Å². The van der Waals surface area contributed by atoms with E-state index in [1.54, 1.807) is 42.6 Å². The first-order valence-electron chi connectivity index (χ1n) is 8.65. The third-order valence-electron chi connectivity index (χ3n) is 3.69. The van der Waals surface area contributed by atoms with E-state index < -0.39 is 5.97 Å². The second-order valence-electron chi connectivity index (χ2n) is 5.76. The highest BCUT2D eigenvalue weighted by Crippen LogP contribution is 2.22. The maximum absolute atomic E-state index is 12.3. The van der Waals surface area contributed by atoms with Crippen molar-refractivity contribution in [2.75, 3.05) is 0 Å². The molecule has 0 saturated carbocycles. The van der Waals surface area contributed by atoms with Crippen molar-refractivity contribution in [3.8, 4) is 17.4 Å². The van der Waals surface area contributed by atoms with Crippen LogP contribution in [0.4, 0.5) is 0 Å². The van der Waals surface area contributed by atoms with E-state index >= 15 is 0 Å². The molecule has 0 aliphatic rings. The number of pyridine rings is 1. The number of unbranched alkanes of at least 4 members (excludes halogenated alkanes) is 1. The SMILES string of the molecule is CCCCn1nc(C(=O)Oc2ccc(Oc3ccccn3)cc2)ccc1=O. The van der Waals surface area contributed by atoms with Crippen molar-refractivity contribution in [1.29, 1.82) is 0 Å². The highest BCUT2D eigenvalue weighted by atomic mass is 16.5. The molecule has 3 rings (SSSR count). The average Bonchev–Trinajstić information content (AvgIpc) is 2.69. The zero-order valence-corrected chi connectivity index (χ0v) is 14.9. The fraction of sp³-hybridized carbons (Fsp3) is 0.200. The Balaban J connectivity index is 1.66. The minimum absolute atomic E-state index is 0.0829. The molecule has 0 aliphatic carbocycles. The molecule has 27 heavy (non-hydrogen) atoms. The number of aromatic nitrogens is 3. The van der Waals surface area contributed by atoms with Crippen LogP contribution in [0.1, 0.15) is 30.3 Å². The summed E-state index contributed by atoms with van der Waals surface area (Å²) in [6, 6.07) is 14.6. The van der Waals surface area contributed by atoms with Crippen molar-refractivity contribution >= 4 is 5.97 Å². The van der Waals surface area contributed by atoms with E-state index in [2.05, 4.69) is 10.1 Å². The number of carbonyl (C=O) groups is 1. The van der Waals surface area contributed by atoms with Gasteiger partial charge in [-0.25, -0.2) is 14.5 Å². The van der Waals surface area contributed by atoms with E-state index in [4.69, 9.17) is 9.47 Å². The van der Waals surface area contributed by atoms with E-state index in [1.807, 2.05) is 13.0 Å². The standard InChI is InChI=1S/C20H19N3O4/c1-2-3-14-23-19(24)12-11-17(22-23)20(25)27-16-9-7-15(8-10-16)26-18-6-4-5-13-21-18/h4-13H,2-3,14H2,1H3. The van der Waals surface area contributed by atoms with Gasteiger partial charge >= 0.3 is 5.97 Å². The molecule has 0 fully saturated rings. The van der Waals surface area contributed by atoms with Crippen LogP contribution in [-0.4, -0.2) is 20.7 Å². The highest BCUT2D eigenvalue weighted by molar-refractivity contribution is 5.88. The molecule has 0 radical (unpaired) electrons. The number of esters is 1. The quantitative estimate of drug-likeness (QED) is 0.471. The zero-order valence-electron chi connectivity index (χ0n) is 14.9. The number of hydrogen-bond acceptors (Lipinski definition) is 6. The van der Waals surface area contributed by atoms with Gasteiger partial charge < -0.3 is 9.47 Å². The molecular formula is C20H19N3O4. The Hall–Kier alpha value is -3.48. The van der Waals surface area contributed by atoms with Crippen molar-refractivity contribution in [1.82, 2.24) is 14.8 Å². The number of carbonyl (C=O) groups excluding carboxylic acids is 1. The fourth-order valence-corrected chi connectivity index (χ4v) is 2.29. The minimum Gasteiger partial charge on any atom is -0.439 e. The van der Waals surface area contributed by atoms with Crippen molar-refractivity contribution in [3.05, 3.63) is 76.8 Å². The summed E-state index contributed by atoms with van der Waals surface area (Å²) >= 11 is 0. The summed E-state index contributed by atoms with van der Waals surface area (Å²) in [5.74, 6) is 0.764. The molecular weight excluding hydrogens is 346 g/mol. The lowest BCUT2D eigenvalue weighted by Crippen LogP contribution is -2.25. The van der Waals surface area contributed by atoms with Gasteiger partial charge in [-0.1, -0.05) is 19.4 Å². The average molecular weight is 365 g/mol. The number of ether oxygens (including phenoxy) is 2. The molecule has 0 saturated heterocycles. The van der Waals surface area contributed by atoms with Gasteiger partial charge in [0.05, 0.1) is 0 Å². The third kappa shape index (κ3) is 5.01. The number of nitrogens with zero attached hydrogens (tertiary/aromatic N) is 3. The van der Waals surface area contributed by atoms with Crippen molar-refractivity contribution in [3.63, 3.8) is 0 Å². The Morgan fingerprint density at radius 2 is 1.81 bits per heavy atom. The second-order valence-corrected chi connectivity index (χ2v) is 5.76. The van der Waals surface area contributed by atoms with Gasteiger partial charge in [0.2, 0.25) is 5.88 Å². The molecule has 7 nitrogen and oxygen atoms in total. The summed E-state index contributed by atoms with van der Waals surface area (Å²) in [7, 11) is 0. The zero-order chi connectivity index (χ0) is 19.1. The van der Waals surface area contributed by atoms with E-state index in [0.717, 1.165) is 12.8 Å². The van der Waals surface area contributed by atoms with Crippen LogP contribution in [0.5, 0.6) is 17.4 Å². The predicted molar refractivity (Wildman–Crippen MR) is 99.1 cm³/mol. The van der Waals surface area contributed by atoms with Gasteiger partial charge in [0.15, 0.2) is 5.69 Å². The van der Waals surface area contributed by atoms with Crippen LogP contribution in [-0.2, 0) is 6.54 Å². The molecule has 0 spiro atoms. The first-order valence-corrected chi connectivity index (χ1v) is 8.65. The number of hydrogen-bond donors (Lipinski definition) is 0. The maximum atomic E-state index is 12.3. The summed E-state index contributed by atoms with van der Waals surface area (Å²) in [5, 5.41) is 4.08. The predicted octanol–water partition coefficient (Wildman–Crippen LogP) is 3.45. The molecule has 0 unspecified atom stereocenters. The van der Waals surface area contributed by atoms with Gasteiger partial charge in [0.25, 0.3) is 5.56 Å². The second kappa shape index (κ2) is 8.75. The van der Waals surface area contributed by atoms with Crippen LogP contribution in [0.25, 0.3) is 0 Å². The van der Waals surface area contributed by atoms with E-state index in [-0.39, 0.29) is 11.3 Å². The summed E-state index contributed by atoms with van der Waals surface area (Å²) in [6.45, 7) is 2.49. The largest absolute Gasteiger partial charge is 0.439 e. The summed E-state index contributed by atoms with van der Waals surface area (Å²) < 4.78 is 12.2. The Labute approximate surface area is 156 Å². The maximum Gasteiger partial charge on any atom is 0.364 e. The smallest absolute Gasteiger partial charge is 0.364 e. The first-order chi connectivity index (χ1) is 13.2. The molecule has 0 amide bonds. The summed E-state index contributed by atoms with van der Waals surface area (Å²) in [6.07, 6.45) is 3.37. The van der Waals surface area contributed by atoms with Crippen LogP contribution in [0.3, 0.4) is 0 Å². The number of benzene rings is 1. The molecule has 7 heteroatoms. The number of rotatable bonds is 7. The molecule has 2 aromatic heterocycles. The molecule has 138 valence electrons. The fourth-order valence-electron chi connectivity index (χ4n) is 2.29. The van der Waals surface area contributed by atoms with Gasteiger partial charge in [0.1, 0.15) is 11.5 Å². The lowest BCUT2D eigenvalue weighted by Gasteiger charge is -2.08. The monoisotopic (exact) mass is 365 g/mol. The molecule has 2 heterocycles. The van der Waals surface area contributed by atoms with Crippen molar-refractivity contribution < 1.29 is 14.3 Å². The molecule has 0 atom stereocenters. The van der Waals surface area contributed by atoms with E-state index in [1.165, 1.54) is 16.8 Å². The van der Waals surface area contributed by atoms with Crippen LogP contribution in [0, 0.1) is 0 Å². The topological polar surface area (TPSA) is 83.3 Å². The van der Waals surface area contributed by atoms with Crippen molar-refractivity contribution in [2.24, 2.45) is 0 Å². The Morgan fingerprint density at radius 1 is 1.04 bits per heavy atom. The van der Waals surface area contributed by atoms with Crippen molar-refractivity contribution in [2.45, 2.75) is 26.3 Å². The van der Waals surface area contributed by atoms with Gasteiger partial charge in [0, 0.05) is 24.9 Å². The van der Waals surface area contributed by atoms with E-state index in [9.17, 15) is 9.59 Å². The van der Waals surface area contributed by atoms with Crippen LogP contribution in [0.15, 0.2) is 65.6 Å². The first kappa shape index (κ1) is 18.3. The Bertz CT molecular complexity index is 953. The van der Waals surface area contributed by atoms with Gasteiger partial charge in [-0.05, 0) is 42.8 Å². The molecule has 0 aliphatic heterocycles. The summed E-state index contributed by atoms with van der Waals surface area (Å²) in [4.78, 5) is 28.1. The Kier molecular flexibility index (Phi) is 5.94. The van der Waals surface area contributed by atoms with Gasteiger partial charge in [-0.3, -0.25) is 4.79 Å². The molecule has 3 aromatic rings. The minimum atomic E-state index is -0.626. The lowest BCUT2D eigenvalue weighted by atomic mass is 10.3. The van der Waals surface area contributed by atoms with Gasteiger partial charge in [-0.15, -0.1) is 0 Å². The van der Waals surface area contributed by atoms with E-state index in [0.29, 0.717) is 23.9 Å². The molecule has 0 N–H and O–H groups in total.